The van der Waals surface area contributed by atoms with Crippen LogP contribution in [0.2, 0.25) is 0 Å². The highest BCUT2D eigenvalue weighted by molar-refractivity contribution is 5.81. The van der Waals surface area contributed by atoms with Crippen LogP contribution in [0, 0.1) is 0 Å². The molecule has 1 saturated heterocycles. The topological polar surface area (TPSA) is 71.0 Å². The number of morpholine rings is 1. The minimum Gasteiger partial charge on any atom is -0.389 e. The molecule has 1 amide bonds. The van der Waals surface area contributed by atoms with E-state index in [0.717, 1.165) is 0 Å². The van der Waals surface area contributed by atoms with Crippen LogP contribution in [0.4, 0.5) is 0 Å². The Labute approximate surface area is 121 Å². The van der Waals surface area contributed by atoms with Crippen molar-refractivity contribution in [3.05, 3.63) is 0 Å². The molecule has 6 nitrogen and oxygen atoms in total. The largest absolute Gasteiger partial charge is 0.389 e. The van der Waals surface area contributed by atoms with Gasteiger partial charge in [-0.25, -0.2) is 0 Å². The third-order valence-electron chi connectivity index (χ3n) is 3.06. The molecular formula is C14H28N2O4. The Morgan fingerprint density at radius 1 is 1.40 bits per heavy atom. The summed E-state index contributed by atoms with van der Waals surface area (Å²) in [6.45, 7) is 10.7. The standard InChI is InChI=1S/C14H28N2O4/c1-11(13(18)16-5-7-19-8-6-16)15-9-12(17)10-20-14(2,3)4/h11-12,15,17H,5-10H2,1-4H3. The molecule has 6 heteroatoms. The quantitative estimate of drug-likeness (QED) is 0.720. The SMILES string of the molecule is CC(NCC(O)COC(C)(C)C)C(=O)N1CCOCC1. The van der Waals surface area contributed by atoms with Gasteiger partial charge in [0, 0.05) is 19.6 Å². The molecule has 1 fully saturated rings. The summed E-state index contributed by atoms with van der Waals surface area (Å²) >= 11 is 0. The monoisotopic (exact) mass is 288 g/mol. The minimum absolute atomic E-state index is 0.0530. The number of hydrogen-bond donors (Lipinski definition) is 2. The van der Waals surface area contributed by atoms with Gasteiger partial charge < -0.3 is 24.8 Å². The Morgan fingerprint density at radius 3 is 2.55 bits per heavy atom. The van der Waals surface area contributed by atoms with Crippen molar-refractivity contribution in [2.45, 2.75) is 45.4 Å². The number of carbonyl (C=O) groups excluding carboxylic acids is 1. The van der Waals surface area contributed by atoms with Crippen molar-refractivity contribution < 1.29 is 19.4 Å². The highest BCUT2D eigenvalue weighted by atomic mass is 16.5. The average molecular weight is 288 g/mol. The van der Waals surface area contributed by atoms with Crippen LogP contribution in [0.5, 0.6) is 0 Å². The summed E-state index contributed by atoms with van der Waals surface area (Å²) in [7, 11) is 0. The number of carbonyl (C=O) groups is 1. The van der Waals surface area contributed by atoms with Crippen molar-refractivity contribution in [3.8, 4) is 0 Å². The molecule has 2 atom stereocenters. The van der Waals surface area contributed by atoms with Gasteiger partial charge >= 0.3 is 0 Å². The zero-order chi connectivity index (χ0) is 15.2. The second-order valence-electron chi connectivity index (χ2n) is 6.14. The van der Waals surface area contributed by atoms with Crippen LogP contribution in [-0.2, 0) is 14.3 Å². The number of amides is 1. The van der Waals surface area contributed by atoms with Gasteiger partial charge in [-0.1, -0.05) is 0 Å². The summed E-state index contributed by atoms with van der Waals surface area (Å²) in [5, 5.41) is 12.9. The average Bonchev–Trinajstić information content (AvgIpc) is 2.41. The molecule has 2 unspecified atom stereocenters. The van der Waals surface area contributed by atoms with E-state index in [-0.39, 0.29) is 24.2 Å². The van der Waals surface area contributed by atoms with Gasteiger partial charge in [-0.15, -0.1) is 0 Å². The highest BCUT2D eigenvalue weighted by Crippen LogP contribution is 2.07. The summed E-state index contributed by atoms with van der Waals surface area (Å²) < 4.78 is 10.7. The molecular weight excluding hydrogens is 260 g/mol. The molecule has 2 N–H and O–H groups in total. The smallest absolute Gasteiger partial charge is 0.239 e. The molecule has 0 spiro atoms. The van der Waals surface area contributed by atoms with E-state index < -0.39 is 6.10 Å². The van der Waals surface area contributed by atoms with Crippen LogP contribution < -0.4 is 5.32 Å². The zero-order valence-corrected chi connectivity index (χ0v) is 13.0. The second kappa shape index (κ2) is 7.93. The van der Waals surface area contributed by atoms with E-state index in [1.807, 2.05) is 27.7 Å². The Bertz CT molecular complexity index is 298. The fraction of sp³-hybridized carbons (Fsp3) is 0.929. The first-order valence-corrected chi connectivity index (χ1v) is 7.21. The molecule has 1 aliphatic heterocycles. The number of aliphatic hydroxyl groups excluding tert-OH is 1. The fourth-order valence-electron chi connectivity index (χ4n) is 1.86. The fourth-order valence-corrected chi connectivity index (χ4v) is 1.86. The predicted octanol–water partition coefficient (Wildman–Crippen LogP) is -0.000700. The van der Waals surface area contributed by atoms with Gasteiger partial charge in [0.15, 0.2) is 0 Å². The van der Waals surface area contributed by atoms with Crippen LogP contribution in [0.25, 0.3) is 0 Å². The molecule has 20 heavy (non-hydrogen) atoms. The third kappa shape index (κ3) is 6.65. The molecule has 0 aromatic heterocycles. The van der Waals surface area contributed by atoms with Gasteiger partial charge in [0.2, 0.25) is 5.91 Å². The van der Waals surface area contributed by atoms with Crippen molar-refractivity contribution >= 4 is 5.91 Å². The van der Waals surface area contributed by atoms with Crippen molar-refractivity contribution in [2.75, 3.05) is 39.5 Å². The van der Waals surface area contributed by atoms with E-state index in [9.17, 15) is 9.90 Å². The Kier molecular flexibility index (Phi) is 6.88. The molecule has 1 heterocycles. The first-order valence-electron chi connectivity index (χ1n) is 7.21. The molecule has 1 rings (SSSR count). The number of rotatable bonds is 6. The maximum Gasteiger partial charge on any atom is 0.239 e. The molecule has 118 valence electrons. The second-order valence-corrected chi connectivity index (χ2v) is 6.14. The molecule has 0 radical (unpaired) electrons. The van der Waals surface area contributed by atoms with Gasteiger partial charge in [-0.2, -0.15) is 0 Å². The lowest BCUT2D eigenvalue weighted by atomic mass is 10.2. The number of aliphatic hydroxyl groups is 1. The summed E-state index contributed by atoms with van der Waals surface area (Å²) in [5.41, 5.74) is -0.268. The summed E-state index contributed by atoms with van der Waals surface area (Å²) in [6, 6.07) is -0.308. The minimum atomic E-state index is -0.617. The summed E-state index contributed by atoms with van der Waals surface area (Å²) in [5.74, 6) is 0.0530. The van der Waals surface area contributed by atoms with Gasteiger partial charge in [0.1, 0.15) is 0 Å². The molecule has 1 aliphatic rings. The van der Waals surface area contributed by atoms with E-state index in [2.05, 4.69) is 5.32 Å². The van der Waals surface area contributed by atoms with E-state index in [0.29, 0.717) is 32.8 Å². The number of ether oxygens (including phenoxy) is 2. The van der Waals surface area contributed by atoms with Crippen LogP contribution in [-0.4, -0.2) is 73.1 Å². The zero-order valence-electron chi connectivity index (χ0n) is 13.0. The molecule has 0 saturated carbocycles. The first-order chi connectivity index (χ1) is 9.29. The highest BCUT2D eigenvalue weighted by Gasteiger charge is 2.22. The lowest BCUT2D eigenvalue weighted by Crippen LogP contribution is -2.50. The van der Waals surface area contributed by atoms with Crippen LogP contribution in [0.1, 0.15) is 27.7 Å². The number of nitrogens with one attached hydrogen (secondary N) is 1. The van der Waals surface area contributed by atoms with E-state index in [1.54, 1.807) is 4.90 Å². The van der Waals surface area contributed by atoms with E-state index in [4.69, 9.17) is 9.47 Å². The van der Waals surface area contributed by atoms with E-state index in [1.165, 1.54) is 0 Å². The third-order valence-corrected chi connectivity index (χ3v) is 3.06. The first kappa shape index (κ1) is 17.4. The van der Waals surface area contributed by atoms with Gasteiger partial charge in [-0.3, -0.25) is 4.79 Å². The van der Waals surface area contributed by atoms with Gasteiger partial charge in [0.25, 0.3) is 0 Å². The predicted molar refractivity (Wildman–Crippen MR) is 76.6 cm³/mol. The van der Waals surface area contributed by atoms with Crippen LogP contribution >= 0.6 is 0 Å². The molecule has 0 aromatic carbocycles. The van der Waals surface area contributed by atoms with Crippen molar-refractivity contribution in [2.24, 2.45) is 0 Å². The molecule has 0 aliphatic carbocycles. The summed E-state index contributed by atoms with van der Waals surface area (Å²) in [4.78, 5) is 13.9. The van der Waals surface area contributed by atoms with Crippen LogP contribution in [0.3, 0.4) is 0 Å². The van der Waals surface area contributed by atoms with E-state index >= 15 is 0 Å². The Hall–Kier alpha value is -0.690. The normalized spacial score (nSPS) is 19.8. The van der Waals surface area contributed by atoms with Crippen LogP contribution in [0.15, 0.2) is 0 Å². The van der Waals surface area contributed by atoms with Gasteiger partial charge in [-0.05, 0) is 27.7 Å². The van der Waals surface area contributed by atoms with Crippen molar-refractivity contribution in [3.63, 3.8) is 0 Å². The maximum absolute atomic E-state index is 12.1. The van der Waals surface area contributed by atoms with Crippen molar-refractivity contribution in [1.29, 1.82) is 0 Å². The van der Waals surface area contributed by atoms with Gasteiger partial charge in [0.05, 0.1) is 37.6 Å². The summed E-state index contributed by atoms with van der Waals surface area (Å²) in [6.07, 6.45) is -0.617. The molecule has 0 bridgehead atoms. The lowest BCUT2D eigenvalue weighted by molar-refractivity contribution is -0.137. The van der Waals surface area contributed by atoms with Crippen molar-refractivity contribution in [1.82, 2.24) is 10.2 Å². The Morgan fingerprint density at radius 2 is 2.00 bits per heavy atom. The number of nitrogens with zero attached hydrogens (tertiary/aromatic N) is 1. The Balaban J connectivity index is 2.24. The number of hydrogen-bond acceptors (Lipinski definition) is 5. The maximum atomic E-state index is 12.1. The molecule has 0 aromatic rings. The lowest BCUT2D eigenvalue weighted by Gasteiger charge is -2.30.